The van der Waals surface area contributed by atoms with Gasteiger partial charge in [-0.25, -0.2) is 0 Å². The Labute approximate surface area is 98.8 Å². The van der Waals surface area contributed by atoms with Crippen LogP contribution in [0.3, 0.4) is 0 Å². The summed E-state index contributed by atoms with van der Waals surface area (Å²) in [5.74, 6) is 0.900. The van der Waals surface area contributed by atoms with Crippen molar-refractivity contribution in [2.24, 2.45) is 17.4 Å². The van der Waals surface area contributed by atoms with E-state index in [0.29, 0.717) is 12.3 Å². The molecule has 0 radical (unpaired) electrons. The van der Waals surface area contributed by atoms with E-state index in [-0.39, 0.29) is 11.8 Å². The van der Waals surface area contributed by atoms with Crippen LogP contribution in [0.25, 0.3) is 0 Å². The molecule has 0 saturated carbocycles. The number of thioether (sulfide) groups is 1. The lowest BCUT2D eigenvalue weighted by molar-refractivity contribution is -0.120. The van der Waals surface area contributed by atoms with Crippen molar-refractivity contribution in [1.82, 2.24) is 14.8 Å². The van der Waals surface area contributed by atoms with Gasteiger partial charge in [-0.15, -0.1) is 10.2 Å². The summed E-state index contributed by atoms with van der Waals surface area (Å²) in [4.78, 5) is 10.9. The molecule has 16 heavy (non-hydrogen) atoms. The molecule has 90 valence electrons. The fourth-order valence-corrected chi connectivity index (χ4v) is 2.23. The molecule has 1 aromatic rings. The van der Waals surface area contributed by atoms with Crippen LogP contribution >= 0.6 is 11.8 Å². The molecule has 1 aromatic heterocycles. The molecule has 0 bridgehead atoms. The Morgan fingerprint density at radius 2 is 2.25 bits per heavy atom. The molecular formula is C9H17N5OS. The van der Waals surface area contributed by atoms with Gasteiger partial charge < -0.3 is 16.0 Å². The largest absolute Gasteiger partial charge is 0.369 e. The maximum absolute atomic E-state index is 10.9. The molecule has 1 atom stereocenters. The molecule has 6 nitrogen and oxygen atoms in total. The first kappa shape index (κ1) is 13.0. The monoisotopic (exact) mass is 243 g/mol. The number of amides is 1. The highest BCUT2D eigenvalue weighted by Gasteiger charge is 2.14. The first-order chi connectivity index (χ1) is 7.60. The zero-order valence-electron chi connectivity index (χ0n) is 9.51. The minimum Gasteiger partial charge on any atom is -0.369 e. The van der Waals surface area contributed by atoms with Crippen LogP contribution in [-0.2, 0) is 17.9 Å². The number of rotatable bonds is 6. The van der Waals surface area contributed by atoms with E-state index in [1.54, 1.807) is 6.92 Å². The van der Waals surface area contributed by atoms with Crippen LogP contribution in [0.15, 0.2) is 5.16 Å². The average molecular weight is 243 g/mol. The zero-order valence-corrected chi connectivity index (χ0v) is 10.3. The maximum atomic E-state index is 10.9. The van der Waals surface area contributed by atoms with Crippen molar-refractivity contribution < 1.29 is 4.79 Å². The van der Waals surface area contributed by atoms with Gasteiger partial charge in [-0.2, -0.15) is 0 Å². The SMILES string of the molecule is CCn1c(CN)nnc1SCC(C)C(N)=O. The quantitative estimate of drug-likeness (QED) is 0.683. The Morgan fingerprint density at radius 3 is 2.75 bits per heavy atom. The van der Waals surface area contributed by atoms with Crippen LogP contribution in [0, 0.1) is 5.92 Å². The third-order valence-electron chi connectivity index (χ3n) is 2.24. The third kappa shape index (κ3) is 2.96. The summed E-state index contributed by atoms with van der Waals surface area (Å²) < 4.78 is 1.94. The molecule has 0 spiro atoms. The molecule has 1 rings (SSSR count). The first-order valence-corrected chi connectivity index (χ1v) is 6.13. The van der Waals surface area contributed by atoms with Crippen molar-refractivity contribution in [3.63, 3.8) is 0 Å². The maximum Gasteiger partial charge on any atom is 0.221 e. The minimum atomic E-state index is -0.297. The Bertz CT molecular complexity index is 365. The molecule has 0 aromatic carbocycles. The fraction of sp³-hybridized carbons (Fsp3) is 0.667. The second-order valence-corrected chi connectivity index (χ2v) is 4.45. The van der Waals surface area contributed by atoms with Gasteiger partial charge in [0.25, 0.3) is 0 Å². The Balaban J connectivity index is 2.67. The summed E-state index contributed by atoms with van der Waals surface area (Å²) in [5.41, 5.74) is 10.7. The van der Waals surface area contributed by atoms with E-state index in [1.807, 2.05) is 11.5 Å². The van der Waals surface area contributed by atoms with Gasteiger partial charge in [0, 0.05) is 18.2 Å². The van der Waals surface area contributed by atoms with Gasteiger partial charge >= 0.3 is 0 Å². The van der Waals surface area contributed by atoms with Crippen molar-refractivity contribution in [3.05, 3.63) is 5.82 Å². The standard InChI is InChI=1S/C9H17N5OS/c1-3-14-7(4-10)12-13-9(14)16-5-6(2)8(11)15/h6H,3-5,10H2,1-2H3,(H2,11,15). The summed E-state index contributed by atoms with van der Waals surface area (Å²) in [7, 11) is 0. The van der Waals surface area contributed by atoms with Crippen molar-refractivity contribution in [2.75, 3.05) is 5.75 Å². The van der Waals surface area contributed by atoms with E-state index >= 15 is 0 Å². The van der Waals surface area contributed by atoms with E-state index in [2.05, 4.69) is 10.2 Å². The van der Waals surface area contributed by atoms with Crippen molar-refractivity contribution in [3.8, 4) is 0 Å². The second kappa shape index (κ2) is 5.86. The molecule has 0 aliphatic heterocycles. The lowest BCUT2D eigenvalue weighted by Gasteiger charge is -2.08. The van der Waals surface area contributed by atoms with Crippen LogP contribution in [0.2, 0.25) is 0 Å². The second-order valence-electron chi connectivity index (χ2n) is 3.46. The predicted molar refractivity (Wildman–Crippen MR) is 62.7 cm³/mol. The van der Waals surface area contributed by atoms with Crippen molar-refractivity contribution in [2.45, 2.75) is 32.1 Å². The molecule has 1 unspecified atom stereocenters. The van der Waals surface area contributed by atoms with Gasteiger partial charge in [0.1, 0.15) is 5.82 Å². The zero-order chi connectivity index (χ0) is 12.1. The topological polar surface area (TPSA) is 99.8 Å². The molecule has 0 aliphatic rings. The van der Waals surface area contributed by atoms with Gasteiger partial charge in [0.15, 0.2) is 5.16 Å². The molecule has 0 fully saturated rings. The molecule has 1 amide bonds. The first-order valence-electron chi connectivity index (χ1n) is 5.14. The molecule has 4 N–H and O–H groups in total. The Kier molecular flexibility index (Phi) is 4.75. The van der Waals surface area contributed by atoms with Crippen LogP contribution < -0.4 is 11.5 Å². The highest BCUT2D eigenvalue weighted by molar-refractivity contribution is 7.99. The number of hydrogen-bond donors (Lipinski definition) is 2. The minimum absolute atomic E-state index is 0.173. The van der Waals surface area contributed by atoms with Gasteiger partial charge in [-0.05, 0) is 6.92 Å². The molecule has 1 heterocycles. The van der Waals surface area contributed by atoms with Crippen LogP contribution in [0.5, 0.6) is 0 Å². The van der Waals surface area contributed by atoms with Crippen LogP contribution in [0.1, 0.15) is 19.7 Å². The number of carbonyl (C=O) groups is 1. The van der Waals surface area contributed by atoms with Gasteiger partial charge in [0.2, 0.25) is 5.91 Å². The molecule has 0 saturated heterocycles. The number of nitrogens with zero attached hydrogens (tertiary/aromatic N) is 3. The van der Waals surface area contributed by atoms with Crippen molar-refractivity contribution in [1.29, 1.82) is 0 Å². The van der Waals surface area contributed by atoms with Gasteiger partial charge in [-0.3, -0.25) is 4.79 Å². The fourth-order valence-electron chi connectivity index (χ4n) is 1.18. The van der Waals surface area contributed by atoms with Crippen molar-refractivity contribution >= 4 is 17.7 Å². The number of nitrogens with two attached hydrogens (primary N) is 2. The summed E-state index contributed by atoms with van der Waals surface area (Å²) in [5, 5.41) is 8.80. The van der Waals surface area contributed by atoms with E-state index in [0.717, 1.165) is 17.5 Å². The lowest BCUT2D eigenvalue weighted by atomic mass is 10.2. The van der Waals surface area contributed by atoms with E-state index < -0.39 is 0 Å². The number of aromatic nitrogens is 3. The Morgan fingerprint density at radius 1 is 1.56 bits per heavy atom. The van der Waals surface area contributed by atoms with Crippen LogP contribution in [-0.4, -0.2) is 26.4 Å². The van der Waals surface area contributed by atoms with Gasteiger partial charge in [0.05, 0.1) is 6.54 Å². The summed E-state index contributed by atoms with van der Waals surface area (Å²) in [6, 6.07) is 0. The van der Waals surface area contributed by atoms with Crippen LogP contribution in [0.4, 0.5) is 0 Å². The highest BCUT2D eigenvalue weighted by atomic mass is 32.2. The molecule has 0 aliphatic carbocycles. The van der Waals surface area contributed by atoms with E-state index in [9.17, 15) is 4.79 Å². The Hall–Kier alpha value is -1.08. The van der Waals surface area contributed by atoms with E-state index in [1.165, 1.54) is 11.8 Å². The molecule has 7 heteroatoms. The summed E-state index contributed by atoms with van der Waals surface area (Å²) in [6.07, 6.45) is 0. The third-order valence-corrected chi connectivity index (χ3v) is 3.47. The number of hydrogen-bond acceptors (Lipinski definition) is 5. The van der Waals surface area contributed by atoms with E-state index in [4.69, 9.17) is 11.5 Å². The highest BCUT2D eigenvalue weighted by Crippen LogP contribution is 2.19. The lowest BCUT2D eigenvalue weighted by Crippen LogP contribution is -2.22. The number of carbonyl (C=O) groups excluding carboxylic acids is 1. The summed E-state index contributed by atoms with van der Waals surface area (Å²) in [6.45, 7) is 4.94. The van der Waals surface area contributed by atoms with Gasteiger partial charge in [-0.1, -0.05) is 18.7 Å². The normalized spacial score (nSPS) is 12.7. The predicted octanol–water partition coefficient (Wildman–Crippen LogP) is -0.0298. The number of primary amides is 1. The summed E-state index contributed by atoms with van der Waals surface area (Å²) >= 11 is 1.48. The average Bonchev–Trinajstić information content (AvgIpc) is 2.67. The smallest absolute Gasteiger partial charge is 0.221 e. The molecular weight excluding hydrogens is 226 g/mol.